The Bertz CT molecular complexity index is 656. The van der Waals surface area contributed by atoms with Gasteiger partial charge in [0.05, 0.1) is 0 Å². The van der Waals surface area contributed by atoms with Crippen molar-refractivity contribution in [1.82, 2.24) is 10.2 Å². The fraction of sp³-hybridized carbons (Fsp3) is 0.438. The number of imide groups is 1. The van der Waals surface area contributed by atoms with Gasteiger partial charge in [-0.05, 0) is 31.0 Å². The monoisotopic (exact) mass is 319 g/mol. The number of urea groups is 1. The molecule has 1 saturated heterocycles. The first kappa shape index (κ1) is 15.5. The number of rotatable bonds is 3. The zero-order valence-corrected chi connectivity index (χ0v) is 12.6. The molecule has 0 aromatic heterocycles. The Morgan fingerprint density at radius 2 is 2.00 bits per heavy atom. The highest BCUT2D eigenvalue weighted by molar-refractivity contribution is 6.10. The molecule has 0 radical (unpaired) electrons. The standard InChI is InChI=1S/C16H18FN3O3/c17-11-5-4-6-12(9-11)18-13(21)10-20-14(22)16(19-15(20)23)7-2-1-3-8-16/h4-6,9H,1-3,7-8,10H2,(H,18,21)(H,19,23). The molecule has 1 aromatic rings. The summed E-state index contributed by atoms with van der Waals surface area (Å²) < 4.78 is 13.1. The predicted molar refractivity (Wildman–Crippen MR) is 81.1 cm³/mol. The van der Waals surface area contributed by atoms with Crippen molar-refractivity contribution in [2.24, 2.45) is 0 Å². The second kappa shape index (κ2) is 5.98. The zero-order valence-electron chi connectivity index (χ0n) is 12.6. The number of carbonyl (C=O) groups excluding carboxylic acids is 3. The van der Waals surface area contributed by atoms with Crippen molar-refractivity contribution in [3.63, 3.8) is 0 Å². The maximum atomic E-state index is 13.1. The van der Waals surface area contributed by atoms with E-state index in [1.165, 1.54) is 24.3 Å². The van der Waals surface area contributed by atoms with Crippen LogP contribution in [-0.2, 0) is 9.59 Å². The lowest BCUT2D eigenvalue weighted by atomic mass is 9.82. The van der Waals surface area contributed by atoms with Gasteiger partial charge in [-0.2, -0.15) is 0 Å². The van der Waals surface area contributed by atoms with E-state index in [2.05, 4.69) is 10.6 Å². The first-order valence-electron chi connectivity index (χ1n) is 7.70. The minimum Gasteiger partial charge on any atom is -0.324 e. The van der Waals surface area contributed by atoms with Crippen LogP contribution in [0.15, 0.2) is 24.3 Å². The van der Waals surface area contributed by atoms with Gasteiger partial charge >= 0.3 is 6.03 Å². The van der Waals surface area contributed by atoms with Gasteiger partial charge in [0.25, 0.3) is 5.91 Å². The van der Waals surface area contributed by atoms with Gasteiger partial charge in [0.2, 0.25) is 5.91 Å². The summed E-state index contributed by atoms with van der Waals surface area (Å²) in [4.78, 5) is 37.6. The topological polar surface area (TPSA) is 78.5 Å². The van der Waals surface area contributed by atoms with E-state index in [1.807, 2.05) is 0 Å². The van der Waals surface area contributed by atoms with Crippen LogP contribution in [0.2, 0.25) is 0 Å². The summed E-state index contributed by atoms with van der Waals surface area (Å²) in [6.07, 6.45) is 4.04. The highest BCUT2D eigenvalue weighted by Gasteiger charge is 2.51. The van der Waals surface area contributed by atoms with Gasteiger partial charge in [-0.15, -0.1) is 0 Å². The number of amides is 4. The van der Waals surface area contributed by atoms with E-state index < -0.39 is 23.3 Å². The molecule has 6 nitrogen and oxygen atoms in total. The number of anilines is 1. The second-order valence-electron chi connectivity index (χ2n) is 6.02. The predicted octanol–water partition coefficient (Wildman–Crippen LogP) is 2.02. The summed E-state index contributed by atoms with van der Waals surface area (Å²) in [5, 5.41) is 5.23. The van der Waals surface area contributed by atoms with E-state index in [0.29, 0.717) is 12.8 Å². The third-order valence-electron chi connectivity index (χ3n) is 4.36. The third kappa shape index (κ3) is 3.04. The molecule has 1 heterocycles. The summed E-state index contributed by atoms with van der Waals surface area (Å²) in [6, 6.07) is 4.91. The van der Waals surface area contributed by atoms with Crippen molar-refractivity contribution < 1.29 is 18.8 Å². The van der Waals surface area contributed by atoms with Crippen LogP contribution in [0.1, 0.15) is 32.1 Å². The lowest BCUT2D eigenvalue weighted by Crippen LogP contribution is -2.48. The van der Waals surface area contributed by atoms with Crippen molar-refractivity contribution in [1.29, 1.82) is 0 Å². The Labute approximate surface area is 133 Å². The van der Waals surface area contributed by atoms with Gasteiger partial charge in [-0.25, -0.2) is 9.18 Å². The fourth-order valence-electron chi connectivity index (χ4n) is 3.22. The number of hydrogen-bond acceptors (Lipinski definition) is 3. The van der Waals surface area contributed by atoms with Crippen molar-refractivity contribution in [2.75, 3.05) is 11.9 Å². The number of benzene rings is 1. The number of nitrogens with zero attached hydrogens (tertiary/aromatic N) is 1. The van der Waals surface area contributed by atoms with Crippen LogP contribution in [0.3, 0.4) is 0 Å². The van der Waals surface area contributed by atoms with Crippen molar-refractivity contribution in [3.8, 4) is 0 Å². The number of nitrogens with one attached hydrogen (secondary N) is 2. The van der Waals surface area contributed by atoms with Crippen LogP contribution < -0.4 is 10.6 Å². The Hall–Kier alpha value is -2.44. The molecule has 2 fully saturated rings. The first-order chi connectivity index (χ1) is 11.0. The fourth-order valence-corrected chi connectivity index (χ4v) is 3.22. The van der Waals surface area contributed by atoms with E-state index in [4.69, 9.17) is 0 Å². The van der Waals surface area contributed by atoms with E-state index in [1.54, 1.807) is 0 Å². The summed E-state index contributed by atoms with van der Waals surface area (Å²) in [5.41, 5.74) is -0.552. The van der Waals surface area contributed by atoms with Crippen molar-refractivity contribution in [2.45, 2.75) is 37.6 Å². The quantitative estimate of drug-likeness (QED) is 0.837. The van der Waals surface area contributed by atoms with Gasteiger partial charge in [0.15, 0.2) is 0 Å². The molecule has 1 aliphatic carbocycles. The molecule has 4 amide bonds. The second-order valence-corrected chi connectivity index (χ2v) is 6.02. The molecule has 0 unspecified atom stereocenters. The summed E-state index contributed by atoms with van der Waals surface area (Å²) in [6.45, 7) is -0.372. The minimum absolute atomic E-state index is 0.287. The van der Waals surface area contributed by atoms with Crippen LogP contribution in [0.25, 0.3) is 0 Å². The first-order valence-corrected chi connectivity index (χ1v) is 7.70. The zero-order chi connectivity index (χ0) is 16.4. The van der Waals surface area contributed by atoms with E-state index >= 15 is 0 Å². The number of carbonyl (C=O) groups is 3. The van der Waals surface area contributed by atoms with E-state index in [9.17, 15) is 18.8 Å². The summed E-state index contributed by atoms with van der Waals surface area (Å²) in [5.74, 6) is -1.34. The summed E-state index contributed by atoms with van der Waals surface area (Å²) in [7, 11) is 0. The molecule has 23 heavy (non-hydrogen) atoms. The molecule has 1 saturated carbocycles. The molecular formula is C16H18FN3O3. The van der Waals surface area contributed by atoms with Crippen LogP contribution in [0.4, 0.5) is 14.9 Å². The molecule has 0 bridgehead atoms. The van der Waals surface area contributed by atoms with Crippen molar-refractivity contribution >= 4 is 23.5 Å². The van der Waals surface area contributed by atoms with Crippen LogP contribution >= 0.6 is 0 Å². The molecular weight excluding hydrogens is 301 g/mol. The van der Waals surface area contributed by atoms with Crippen LogP contribution in [-0.4, -0.2) is 34.8 Å². The Kier molecular flexibility index (Phi) is 4.02. The lowest BCUT2D eigenvalue weighted by Gasteiger charge is -2.30. The lowest BCUT2D eigenvalue weighted by molar-refractivity contribution is -0.134. The maximum absolute atomic E-state index is 13.1. The SMILES string of the molecule is O=C(CN1C(=O)NC2(CCCCC2)C1=O)Nc1cccc(F)c1. The largest absolute Gasteiger partial charge is 0.325 e. The molecule has 2 N–H and O–H groups in total. The van der Waals surface area contributed by atoms with Gasteiger partial charge < -0.3 is 10.6 Å². The third-order valence-corrected chi connectivity index (χ3v) is 4.36. The molecule has 3 rings (SSSR count). The number of hydrogen-bond donors (Lipinski definition) is 2. The highest BCUT2D eigenvalue weighted by atomic mass is 19.1. The molecule has 1 aliphatic heterocycles. The molecule has 1 aromatic carbocycles. The molecule has 1 spiro atoms. The average Bonchev–Trinajstić information content (AvgIpc) is 2.72. The van der Waals surface area contributed by atoms with E-state index in [-0.39, 0.29) is 18.1 Å². The molecule has 2 aliphatic rings. The average molecular weight is 319 g/mol. The Morgan fingerprint density at radius 1 is 1.26 bits per heavy atom. The van der Waals surface area contributed by atoms with Gasteiger partial charge in [-0.3, -0.25) is 14.5 Å². The smallest absolute Gasteiger partial charge is 0.324 e. The Balaban J connectivity index is 1.66. The number of halogens is 1. The van der Waals surface area contributed by atoms with Crippen LogP contribution in [0.5, 0.6) is 0 Å². The van der Waals surface area contributed by atoms with E-state index in [0.717, 1.165) is 24.2 Å². The highest BCUT2D eigenvalue weighted by Crippen LogP contribution is 2.33. The molecule has 122 valence electrons. The van der Waals surface area contributed by atoms with Crippen molar-refractivity contribution in [3.05, 3.63) is 30.1 Å². The molecule has 7 heteroatoms. The van der Waals surface area contributed by atoms with Gasteiger partial charge in [-0.1, -0.05) is 25.3 Å². The minimum atomic E-state index is -0.839. The summed E-state index contributed by atoms with van der Waals surface area (Å²) >= 11 is 0. The Morgan fingerprint density at radius 3 is 2.70 bits per heavy atom. The van der Waals surface area contributed by atoms with Crippen LogP contribution in [0, 0.1) is 5.82 Å². The maximum Gasteiger partial charge on any atom is 0.325 e. The normalized spacial score (nSPS) is 19.8. The molecule has 0 atom stereocenters. The van der Waals surface area contributed by atoms with Gasteiger partial charge in [0.1, 0.15) is 17.9 Å². The van der Waals surface area contributed by atoms with Gasteiger partial charge in [0, 0.05) is 5.69 Å².